The molecule has 178 valence electrons. The Kier molecular flexibility index (Phi) is 7.53. The lowest BCUT2D eigenvalue weighted by Gasteiger charge is -2.14. The Morgan fingerprint density at radius 3 is 2.54 bits per heavy atom. The topological polar surface area (TPSA) is 72.9 Å². The largest absolute Gasteiger partial charge is 0.490 e. The monoisotopic (exact) mass is 511 g/mol. The molecule has 9 heteroatoms. The fourth-order valence-corrected chi connectivity index (χ4v) is 4.39. The summed E-state index contributed by atoms with van der Waals surface area (Å²) in [7, 11) is 0. The number of benzene rings is 3. The van der Waals surface area contributed by atoms with Crippen molar-refractivity contribution in [2.75, 3.05) is 6.61 Å². The van der Waals surface area contributed by atoms with Crippen molar-refractivity contribution < 1.29 is 28.2 Å². The number of nitrogens with zero attached hydrogens (tertiary/aromatic N) is 1. The number of rotatable bonds is 7. The van der Waals surface area contributed by atoms with Gasteiger partial charge in [-0.3, -0.25) is 14.5 Å². The second-order valence-corrected chi connectivity index (χ2v) is 8.76. The van der Waals surface area contributed by atoms with Gasteiger partial charge in [0.2, 0.25) is 0 Å². The van der Waals surface area contributed by atoms with Crippen LogP contribution in [0.15, 0.2) is 71.6 Å². The van der Waals surface area contributed by atoms with Crippen LogP contribution in [0.1, 0.15) is 28.4 Å². The first-order valence-electron chi connectivity index (χ1n) is 10.6. The first-order valence-corrected chi connectivity index (χ1v) is 11.8. The molecule has 0 atom stereocenters. The lowest BCUT2D eigenvalue weighted by atomic mass is 10.1. The zero-order valence-electron chi connectivity index (χ0n) is 18.5. The van der Waals surface area contributed by atoms with Gasteiger partial charge in [0.15, 0.2) is 11.5 Å². The molecule has 1 aliphatic heterocycles. The molecule has 1 heterocycles. The number of esters is 1. The summed E-state index contributed by atoms with van der Waals surface area (Å²) in [6.07, 6.45) is 1.53. The van der Waals surface area contributed by atoms with Gasteiger partial charge in [0.05, 0.1) is 23.6 Å². The van der Waals surface area contributed by atoms with Gasteiger partial charge in [0.25, 0.3) is 11.1 Å². The normalized spacial score (nSPS) is 14.5. The molecule has 3 aromatic carbocycles. The fourth-order valence-electron chi connectivity index (χ4n) is 3.33. The number of hydrogen-bond donors (Lipinski definition) is 0. The summed E-state index contributed by atoms with van der Waals surface area (Å²) >= 11 is 6.79. The minimum atomic E-state index is -0.595. The molecule has 0 N–H and O–H groups in total. The highest BCUT2D eigenvalue weighted by Gasteiger charge is 2.36. The van der Waals surface area contributed by atoms with Crippen molar-refractivity contribution in [1.29, 1.82) is 0 Å². The smallest absolute Gasteiger partial charge is 0.343 e. The van der Waals surface area contributed by atoms with Crippen LogP contribution < -0.4 is 9.47 Å². The first kappa shape index (κ1) is 24.5. The quantitative estimate of drug-likeness (QED) is 0.209. The fraction of sp³-hybridized carbons (Fsp3) is 0.115. The van der Waals surface area contributed by atoms with Gasteiger partial charge in [-0.05, 0) is 66.7 Å². The van der Waals surface area contributed by atoms with Crippen molar-refractivity contribution in [2.24, 2.45) is 0 Å². The van der Waals surface area contributed by atoms with Crippen LogP contribution in [0, 0.1) is 5.82 Å². The van der Waals surface area contributed by atoms with E-state index in [-0.39, 0.29) is 27.8 Å². The van der Waals surface area contributed by atoms with Crippen LogP contribution in [0.2, 0.25) is 5.02 Å². The summed E-state index contributed by atoms with van der Waals surface area (Å²) in [5, 5.41) is -0.394. The van der Waals surface area contributed by atoms with Crippen LogP contribution in [0.4, 0.5) is 9.18 Å². The average molecular weight is 512 g/mol. The van der Waals surface area contributed by atoms with E-state index in [4.69, 9.17) is 21.1 Å². The van der Waals surface area contributed by atoms with E-state index in [2.05, 4.69) is 0 Å². The third-order valence-electron chi connectivity index (χ3n) is 5.03. The van der Waals surface area contributed by atoms with Gasteiger partial charge in [0.1, 0.15) is 5.82 Å². The number of carbonyl (C=O) groups excluding carboxylic acids is 3. The molecule has 0 bridgehead atoms. The second-order valence-electron chi connectivity index (χ2n) is 7.36. The molecule has 1 saturated heterocycles. The van der Waals surface area contributed by atoms with E-state index >= 15 is 0 Å². The number of halogens is 2. The Labute approximate surface area is 210 Å². The van der Waals surface area contributed by atoms with Crippen molar-refractivity contribution in [3.8, 4) is 11.5 Å². The number of ether oxygens (including phenoxy) is 2. The maximum absolute atomic E-state index is 14.2. The van der Waals surface area contributed by atoms with Gasteiger partial charge in [-0.1, -0.05) is 41.9 Å². The predicted molar refractivity (Wildman–Crippen MR) is 132 cm³/mol. The molecule has 35 heavy (non-hydrogen) atoms. The van der Waals surface area contributed by atoms with Crippen LogP contribution in [-0.4, -0.2) is 28.6 Å². The molecular formula is C26H19ClFNO5S. The Balaban J connectivity index is 1.56. The van der Waals surface area contributed by atoms with E-state index < -0.39 is 22.9 Å². The van der Waals surface area contributed by atoms with Crippen molar-refractivity contribution >= 4 is 46.6 Å². The van der Waals surface area contributed by atoms with E-state index in [0.29, 0.717) is 23.5 Å². The van der Waals surface area contributed by atoms with E-state index in [0.717, 1.165) is 16.7 Å². The minimum Gasteiger partial charge on any atom is -0.490 e. The Bertz CT molecular complexity index is 1310. The third kappa shape index (κ3) is 5.55. The highest BCUT2D eigenvalue weighted by molar-refractivity contribution is 8.18. The predicted octanol–water partition coefficient (Wildman–Crippen LogP) is 6.33. The second kappa shape index (κ2) is 10.8. The molecule has 0 unspecified atom stereocenters. The maximum Gasteiger partial charge on any atom is 0.343 e. The Morgan fingerprint density at radius 2 is 1.83 bits per heavy atom. The zero-order valence-corrected chi connectivity index (χ0v) is 20.1. The molecule has 3 aromatic rings. The zero-order chi connectivity index (χ0) is 24.9. The molecule has 2 amide bonds. The van der Waals surface area contributed by atoms with Crippen molar-refractivity contribution in [3.63, 3.8) is 0 Å². The van der Waals surface area contributed by atoms with E-state index in [9.17, 15) is 18.8 Å². The lowest BCUT2D eigenvalue weighted by Crippen LogP contribution is -2.28. The molecule has 0 spiro atoms. The van der Waals surface area contributed by atoms with Crippen molar-refractivity contribution in [1.82, 2.24) is 4.90 Å². The minimum absolute atomic E-state index is 0.0703. The first-order chi connectivity index (χ1) is 16.9. The van der Waals surface area contributed by atoms with Crippen molar-refractivity contribution in [3.05, 3.63) is 99.2 Å². The third-order valence-corrected chi connectivity index (χ3v) is 6.29. The molecule has 0 aromatic heterocycles. The number of thioether (sulfide) groups is 1. The average Bonchev–Trinajstić information content (AvgIpc) is 3.10. The molecule has 0 aliphatic carbocycles. The number of amides is 2. The summed E-state index contributed by atoms with van der Waals surface area (Å²) in [4.78, 5) is 38.9. The van der Waals surface area contributed by atoms with Crippen LogP contribution in [0.5, 0.6) is 11.5 Å². The summed E-state index contributed by atoms with van der Waals surface area (Å²) < 4.78 is 25.3. The van der Waals surface area contributed by atoms with Crippen molar-refractivity contribution in [2.45, 2.75) is 13.5 Å². The van der Waals surface area contributed by atoms with Gasteiger partial charge >= 0.3 is 5.97 Å². The van der Waals surface area contributed by atoms with Gasteiger partial charge in [-0.2, -0.15) is 0 Å². The molecular weight excluding hydrogens is 493 g/mol. The standard InChI is InChI=1S/C26H19ClFNO5S/c1-2-33-22-13-16(11-12-21(22)34-25(31)17-7-4-3-5-8-17)14-23-24(30)29(26(32)35-23)15-18-19(27)9-6-10-20(18)28/h3-14H,2,15H2,1H3/b23-14-. The SMILES string of the molecule is CCOc1cc(/C=C2\SC(=O)N(Cc3c(F)cccc3Cl)C2=O)ccc1OC(=O)c1ccccc1. The number of hydrogen-bond acceptors (Lipinski definition) is 6. The number of carbonyl (C=O) groups is 3. The molecule has 4 rings (SSSR count). The number of imide groups is 1. The van der Waals surface area contributed by atoms with Gasteiger partial charge < -0.3 is 9.47 Å². The molecule has 0 saturated carbocycles. The van der Waals surface area contributed by atoms with E-state index in [1.54, 1.807) is 55.5 Å². The molecule has 1 fully saturated rings. The molecule has 6 nitrogen and oxygen atoms in total. The van der Waals surface area contributed by atoms with Crippen LogP contribution in [0.3, 0.4) is 0 Å². The van der Waals surface area contributed by atoms with Crippen LogP contribution in [-0.2, 0) is 11.3 Å². The summed E-state index contributed by atoms with van der Waals surface area (Å²) in [6.45, 7) is 1.83. The Hall–Kier alpha value is -3.62. The van der Waals surface area contributed by atoms with E-state index in [1.807, 2.05) is 0 Å². The molecule has 0 radical (unpaired) electrons. The summed E-state index contributed by atoms with van der Waals surface area (Å²) in [6, 6.07) is 17.5. The highest BCUT2D eigenvalue weighted by atomic mass is 35.5. The van der Waals surface area contributed by atoms with Gasteiger partial charge in [-0.25, -0.2) is 9.18 Å². The summed E-state index contributed by atoms with van der Waals surface area (Å²) in [5.41, 5.74) is 1.02. The van der Waals surface area contributed by atoms with Gasteiger partial charge in [0, 0.05) is 10.6 Å². The lowest BCUT2D eigenvalue weighted by molar-refractivity contribution is -0.123. The van der Waals surface area contributed by atoms with E-state index in [1.165, 1.54) is 24.3 Å². The Morgan fingerprint density at radius 1 is 1.06 bits per heavy atom. The molecule has 1 aliphatic rings. The highest BCUT2D eigenvalue weighted by Crippen LogP contribution is 2.36. The maximum atomic E-state index is 14.2. The van der Waals surface area contributed by atoms with Gasteiger partial charge in [-0.15, -0.1) is 0 Å². The van der Waals surface area contributed by atoms with Crippen LogP contribution >= 0.6 is 23.4 Å². The van der Waals surface area contributed by atoms with Crippen LogP contribution in [0.25, 0.3) is 6.08 Å². The summed E-state index contributed by atoms with van der Waals surface area (Å²) in [5.74, 6) is -1.16.